The minimum atomic E-state index is -0.832. The molecule has 0 aliphatic rings. The number of hydroxylamine groups is 2. The first-order valence-corrected chi connectivity index (χ1v) is 7.76. The summed E-state index contributed by atoms with van der Waals surface area (Å²) in [5, 5.41) is 30.6. The average Bonchev–Trinajstić information content (AvgIpc) is 2.27. The quantitative estimate of drug-likeness (QED) is 0.752. The van der Waals surface area contributed by atoms with Gasteiger partial charge in [-0.3, -0.25) is 0 Å². The second kappa shape index (κ2) is 5.84. The third-order valence-electron chi connectivity index (χ3n) is 4.01. The summed E-state index contributed by atoms with van der Waals surface area (Å²) in [6.07, 6.45) is 0.439. The van der Waals surface area contributed by atoms with Gasteiger partial charge in [-0.1, -0.05) is 53.7 Å². The molecule has 0 aliphatic heterocycles. The Morgan fingerprint density at radius 1 is 0.909 bits per heavy atom. The number of phenolic OH excluding ortho intramolecular Hbond substituents is 1. The van der Waals surface area contributed by atoms with Crippen LogP contribution in [0.25, 0.3) is 0 Å². The molecule has 0 saturated heterocycles. The lowest BCUT2D eigenvalue weighted by atomic mass is 9.77. The Labute approximate surface area is 134 Å². The number of nitrogens with one attached hydrogen (secondary N) is 1. The molecular weight excluding hydrogens is 278 g/mol. The van der Waals surface area contributed by atoms with Crippen LogP contribution in [0.5, 0.6) is 5.75 Å². The second-order valence-corrected chi connectivity index (χ2v) is 8.91. The van der Waals surface area contributed by atoms with Gasteiger partial charge in [0, 0.05) is 6.42 Å². The Balaban J connectivity index is 3.49. The van der Waals surface area contributed by atoms with Crippen molar-refractivity contribution in [1.29, 1.82) is 0 Å². The molecule has 22 heavy (non-hydrogen) atoms. The van der Waals surface area contributed by atoms with Gasteiger partial charge < -0.3 is 10.3 Å². The minimum absolute atomic E-state index is 0.201. The van der Waals surface area contributed by atoms with Crippen molar-refractivity contribution in [2.75, 3.05) is 0 Å². The van der Waals surface area contributed by atoms with Crippen molar-refractivity contribution in [1.82, 2.24) is 0 Å². The fourth-order valence-corrected chi connectivity index (χ4v) is 2.53. The number of benzene rings is 1. The van der Waals surface area contributed by atoms with Crippen molar-refractivity contribution in [3.63, 3.8) is 0 Å². The SMILES string of the molecule is CC(C)(C)c1cc(CC(C)(C)[NH+]([O-])O)cc(C(C)(C)C)c1O. The third kappa shape index (κ3) is 4.22. The van der Waals surface area contributed by atoms with Gasteiger partial charge in [-0.2, -0.15) is 0 Å². The molecule has 0 amide bonds. The summed E-state index contributed by atoms with van der Waals surface area (Å²) in [7, 11) is 0. The van der Waals surface area contributed by atoms with Crippen molar-refractivity contribution < 1.29 is 15.5 Å². The number of quaternary nitrogens is 1. The number of rotatable bonds is 3. The summed E-state index contributed by atoms with van der Waals surface area (Å²) in [5.74, 6) is 0.330. The third-order valence-corrected chi connectivity index (χ3v) is 4.01. The molecule has 126 valence electrons. The summed E-state index contributed by atoms with van der Waals surface area (Å²) in [6, 6.07) is 3.91. The van der Waals surface area contributed by atoms with Crippen molar-refractivity contribution in [3.8, 4) is 5.75 Å². The minimum Gasteiger partial charge on any atom is -0.600 e. The molecule has 4 nitrogen and oxygen atoms in total. The molecule has 1 aromatic rings. The average molecular weight is 309 g/mol. The predicted octanol–water partition coefficient (Wildman–Crippen LogP) is 3.08. The summed E-state index contributed by atoms with van der Waals surface area (Å²) in [5.41, 5.74) is 1.47. The van der Waals surface area contributed by atoms with Crippen molar-refractivity contribution in [2.24, 2.45) is 0 Å². The molecule has 1 atom stereocenters. The van der Waals surface area contributed by atoms with Crippen LogP contribution in [0.15, 0.2) is 12.1 Å². The molecule has 0 fully saturated rings. The Hall–Kier alpha value is -1.10. The van der Waals surface area contributed by atoms with Crippen LogP contribution in [0.1, 0.15) is 72.1 Å². The maximum absolute atomic E-state index is 11.4. The lowest BCUT2D eigenvalue weighted by molar-refractivity contribution is -1.09. The van der Waals surface area contributed by atoms with Gasteiger partial charge in [-0.05, 0) is 41.4 Å². The molecule has 4 heteroatoms. The van der Waals surface area contributed by atoms with E-state index in [9.17, 15) is 15.5 Å². The maximum atomic E-state index is 11.4. The highest BCUT2D eigenvalue weighted by molar-refractivity contribution is 5.50. The van der Waals surface area contributed by atoms with E-state index in [1.54, 1.807) is 13.8 Å². The van der Waals surface area contributed by atoms with Gasteiger partial charge in [-0.15, -0.1) is 0 Å². The Bertz CT molecular complexity index is 499. The summed E-state index contributed by atoms with van der Waals surface area (Å²) in [6.45, 7) is 15.8. The normalized spacial score (nSPS) is 15.0. The lowest BCUT2D eigenvalue weighted by Crippen LogP contribution is -3.13. The highest BCUT2D eigenvalue weighted by atomic mass is 16.8. The zero-order valence-electron chi connectivity index (χ0n) is 15.2. The molecule has 1 aromatic carbocycles. The van der Waals surface area contributed by atoms with E-state index in [0.29, 0.717) is 12.2 Å². The lowest BCUT2D eigenvalue weighted by Gasteiger charge is -2.33. The van der Waals surface area contributed by atoms with Gasteiger partial charge in [0.15, 0.2) is 0 Å². The molecule has 0 heterocycles. The van der Waals surface area contributed by atoms with Gasteiger partial charge in [-0.25, -0.2) is 10.4 Å². The topological polar surface area (TPSA) is 68.0 Å². The molecular formula is C18H31NO3. The van der Waals surface area contributed by atoms with Crippen LogP contribution in [-0.2, 0) is 17.3 Å². The van der Waals surface area contributed by atoms with Crippen LogP contribution >= 0.6 is 0 Å². The van der Waals surface area contributed by atoms with Crippen LogP contribution in [0, 0.1) is 5.21 Å². The van der Waals surface area contributed by atoms with Gasteiger partial charge in [0.25, 0.3) is 0 Å². The number of phenols is 1. The molecule has 0 bridgehead atoms. The first-order valence-electron chi connectivity index (χ1n) is 7.76. The monoisotopic (exact) mass is 309 g/mol. The summed E-state index contributed by atoms with van der Waals surface area (Å²) in [4.78, 5) is 0. The van der Waals surface area contributed by atoms with Crippen LogP contribution in [0.2, 0.25) is 0 Å². The Morgan fingerprint density at radius 2 is 1.27 bits per heavy atom. The molecule has 0 radical (unpaired) electrons. The van der Waals surface area contributed by atoms with Crippen LogP contribution in [-0.4, -0.2) is 15.9 Å². The van der Waals surface area contributed by atoms with Crippen molar-refractivity contribution in [2.45, 2.75) is 78.2 Å². The molecule has 1 rings (SSSR count). The van der Waals surface area contributed by atoms with Gasteiger partial charge in [0.1, 0.15) is 11.3 Å². The zero-order chi connectivity index (χ0) is 17.5. The van der Waals surface area contributed by atoms with E-state index >= 15 is 0 Å². The smallest absolute Gasteiger partial charge is 0.125 e. The largest absolute Gasteiger partial charge is 0.600 e. The zero-order valence-corrected chi connectivity index (χ0v) is 15.2. The first kappa shape index (κ1) is 18.9. The van der Waals surface area contributed by atoms with Crippen LogP contribution in [0.4, 0.5) is 0 Å². The highest BCUT2D eigenvalue weighted by Gasteiger charge is 2.30. The summed E-state index contributed by atoms with van der Waals surface area (Å²) >= 11 is 0. The molecule has 3 N–H and O–H groups in total. The van der Waals surface area contributed by atoms with Gasteiger partial charge in [0.05, 0.1) is 0 Å². The Kier molecular flexibility index (Phi) is 5.03. The van der Waals surface area contributed by atoms with E-state index in [0.717, 1.165) is 16.7 Å². The van der Waals surface area contributed by atoms with Crippen LogP contribution < -0.4 is 5.23 Å². The standard InChI is InChI=1S/C18H31NO3/c1-16(2,3)13-9-12(11-18(7,8)19(21)22)10-14(15(13)20)17(4,5)6/h9-10,19-21H,11H2,1-8H3. The summed E-state index contributed by atoms with van der Waals surface area (Å²) < 4.78 is 0. The first-order chi connectivity index (χ1) is 9.66. The predicted molar refractivity (Wildman–Crippen MR) is 89.4 cm³/mol. The molecule has 0 spiro atoms. The van der Waals surface area contributed by atoms with E-state index in [4.69, 9.17) is 0 Å². The Morgan fingerprint density at radius 3 is 1.55 bits per heavy atom. The van der Waals surface area contributed by atoms with Crippen LogP contribution in [0.3, 0.4) is 0 Å². The van der Waals surface area contributed by atoms with Crippen molar-refractivity contribution in [3.05, 3.63) is 34.0 Å². The molecule has 1 unspecified atom stereocenters. The number of aromatic hydroxyl groups is 1. The van der Waals surface area contributed by atoms with E-state index in [1.807, 2.05) is 12.1 Å². The van der Waals surface area contributed by atoms with E-state index in [-0.39, 0.29) is 10.8 Å². The number of hydrogen-bond acceptors (Lipinski definition) is 3. The van der Waals surface area contributed by atoms with Crippen molar-refractivity contribution >= 4 is 0 Å². The fraction of sp³-hybridized carbons (Fsp3) is 0.667. The second-order valence-electron chi connectivity index (χ2n) is 8.91. The van der Waals surface area contributed by atoms with E-state index < -0.39 is 10.8 Å². The van der Waals surface area contributed by atoms with E-state index in [1.165, 1.54) is 0 Å². The van der Waals surface area contributed by atoms with E-state index in [2.05, 4.69) is 41.5 Å². The maximum Gasteiger partial charge on any atom is 0.125 e. The van der Waals surface area contributed by atoms with Gasteiger partial charge >= 0.3 is 0 Å². The van der Waals surface area contributed by atoms with Gasteiger partial charge in [0.2, 0.25) is 0 Å². The highest BCUT2D eigenvalue weighted by Crippen LogP contribution is 2.40. The molecule has 0 aliphatic carbocycles. The molecule has 0 aromatic heterocycles. The molecule has 0 saturated carbocycles. The fourth-order valence-electron chi connectivity index (χ4n) is 2.53. The number of hydrogen-bond donors (Lipinski definition) is 3.